The number of hydrogen-bond acceptors (Lipinski definition) is 2. The van der Waals surface area contributed by atoms with E-state index in [4.69, 9.17) is 4.74 Å². The van der Waals surface area contributed by atoms with Gasteiger partial charge in [-0.15, -0.1) is 0 Å². The van der Waals surface area contributed by atoms with Crippen molar-refractivity contribution in [3.8, 4) is 0 Å². The molecule has 0 heterocycles. The van der Waals surface area contributed by atoms with Gasteiger partial charge < -0.3 is 4.74 Å². The number of carbonyl (C=O) groups is 1. The van der Waals surface area contributed by atoms with Crippen LogP contribution in [0.5, 0.6) is 0 Å². The van der Waals surface area contributed by atoms with E-state index >= 15 is 0 Å². The van der Waals surface area contributed by atoms with Crippen LogP contribution in [0.15, 0.2) is 0 Å². The molecule has 130 valence electrons. The molecule has 1 saturated carbocycles. The van der Waals surface area contributed by atoms with E-state index in [-0.39, 0.29) is 5.97 Å². The van der Waals surface area contributed by atoms with E-state index in [1.54, 1.807) is 0 Å². The van der Waals surface area contributed by atoms with Crippen molar-refractivity contribution in [2.75, 3.05) is 6.61 Å². The predicted molar refractivity (Wildman–Crippen MR) is 94.0 cm³/mol. The highest BCUT2D eigenvalue weighted by molar-refractivity contribution is 5.69. The third-order valence-electron chi connectivity index (χ3n) is 4.66. The molecule has 22 heavy (non-hydrogen) atoms. The van der Waals surface area contributed by atoms with Crippen LogP contribution >= 0.6 is 0 Å². The normalized spacial score (nSPS) is 14.2. The van der Waals surface area contributed by atoms with Crippen molar-refractivity contribution in [2.45, 2.75) is 110 Å². The molecule has 0 saturated heterocycles. The van der Waals surface area contributed by atoms with E-state index in [9.17, 15) is 4.79 Å². The van der Waals surface area contributed by atoms with Crippen LogP contribution < -0.4 is 0 Å². The molecule has 1 fully saturated rings. The summed E-state index contributed by atoms with van der Waals surface area (Å²) in [5.74, 6) is 0.681. The van der Waals surface area contributed by atoms with E-state index in [0.717, 1.165) is 6.42 Å². The minimum Gasteiger partial charge on any atom is -0.466 e. The Bertz CT molecular complexity index is 258. The van der Waals surface area contributed by atoms with Crippen LogP contribution in [0.1, 0.15) is 110 Å². The smallest absolute Gasteiger partial charge is 0.306 e. The Morgan fingerprint density at radius 1 is 0.773 bits per heavy atom. The minimum absolute atomic E-state index is 0.0291. The van der Waals surface area contributed by atoms with E-state index in [1.165, 1.54) is 89.9 Å². The van der Waals surface area contributed by atoms with Gasteiger partial charge >= 0.3 is 5.97 Å². The molecular formula is C20H38O2. The average molecular weight is 311 g/mol. The lowest BCUT2D eigenvalue weighted by Crippen LogP contribution is -2.06. The Balaban J connectivity index is 1.66. The topological polar surface area (TPSA) is 26.3 Å². The Hall–Kier alpha value is -0.530. The zero-order chi connectivity index (χ0) is 15.9. The highest BCUT2D eigenvalue weighted by Gasteiger charge is 2.24. The van der Waals surface area contributed by atoms with Crippen LogP contribution in [-0.2, 0) is 9.53 Å². The number of rotatable bonds is 16. The van der Waals surface area contributed by atoms with Crippen molar-refractivity contribution in [3.63, 3.8) is 0 Å². The molecule has 0 spiro atoms. The Kier molecular flexibility index (Phi) is 12.5. The maximum Gasteiger partial charge on any atom is 0.306 e. The second-order valence-electron chi connectivity index (χ2n) is 7.11. The molecule has 0 aromatic rings. The standard InChI is InChI=1S/C20H38O2/c1-2-3-4-5-6-7-8-9-10-11-12-13-14-17-22-20(21)18-19-15-16-19/h19H,2-18H2,1H3. The second kappa shape index (κ2) is 14.1. The van der Waals surface area contributed by atoms with Crippen LogP contribution in [-0.4, -0.2) is 12.6 Å². The molecule has 0 N–H and O–H groups in total. The molecular weight excluding hydrogens is 272 g/mol. The summed E-state index contributed by atoms with van der Waals surface area (Å²) in [4.78, 5) is 11.4. The summed E-state index contributed by atoms with van der Waals surface area (Å²) in [6, 6.07) is 0. The largest absolute Gasteiger partial charge is 0.466 e. The number of esters is 1. The van der Waals surface area contributed by atoms with Gasteiger partial charge in [0.1, 0.15) is 0 Å². The summed E-state index contributed by atoms with van der Waals surface area (Å²) in [6.45, 7) is 2.92. The van der Waals surface area contributed by atoms with Crippen LogP contribution in [0.25, 0.3) is 0 Å². The first-order valence-corrected chi connectivity index (χ1v) is 9.98. The second-order valence-corrected chi connectivity index (χ2v) is 7.11. The fourth-order valence-electron chi connectivity index (χ4n) is 2.92. The van der Waals surface area contributed by atoms with Gasteiger partial charge in [-0.25, -0.2) is 0 Å². The van der Waals surface area contributed by atoms with E-state index in [0.29, 0.717) is 18.9 Å². The van der Waals surface area contributed by atoms with Crippen molar-refractivity contribution >= 4 is 5.97 Å². The van der Waals surface area contributed by atoms with E-state index in [1.807, 2.05) is 0 Å². The first-order valence-electron chi connectivity index (χ1n) is 9.98. The fourth-order valence-corrected chi connectivity index (χ4v) is 2.92. The van der Waals surface area contributed by atoms with Gasteiger partial charge in [-0.05, 0) is 25.2 Å². The third kappa shape index (κ3) is 13.2. The molecule has 1 rings (SSSR count). The zero-order valence-electron chi connectivity index (χ0n) is 14.9. The first kappa shape index (κ1) is 19.5. The first-order chi connectivity index (χ1) is 10.8. The molecule has 2 heteroatoms. The van der Waals surface area contributed by atoms with E-state index in [2.05, 4.69) is 6.92 Å². The lowest BCUT2D eigenvalue weighted by molar-refractivity contribution is -0.144. The molecule has 0 bridgehead atoms. The third-order valence-corrected chi connectivity index (χ3v) is 4.66. The van der Waals surface area contributed by atoms with Crippen molar-refractivity contribution in [1.82, 2.24) is 0 Å². The molecule has 0 unspecified atom stereocenters. The molecule has 0 aromatic carbocycles. The maximum absolute atomic E-state index is 11.4. The van der Waals surface area contributed by atoms with Crippen molar-refractivity contribution < 1.29 is 9.53 Å². The predicted octanol–water partition coefficient (Wildman–Crippen LogP) is 6.42. The Labute approximate surface area is 138 Å². The average Bonchev–Trinajstić information content (AvgIpc) is 3.31. The lowest BCUT2D eigenvalue weighted by Gasteiger charge is -2.05. The molecule has 1 aliphatic rings. The van der Waals surface area contributed by atoms with Gasteiger partial charge in [0.2, 0.25) is 0 Å². The Morgan fingerprint density at radius 2 is 1.23 bits per heavy atom. The van der Waals surface area contributed by atoms with Gasteiger partial charge in [-0.1, -0.05) is 84.0 Å². The summed E-state index contributed by atoms with van der Waals surface area (Å²) >= 11 is 0. The van der Waals surface area contributed by atoms with Crippen LogP contribution in [0.4, 0.5) is 0 Å². The molecule has 2 nitrogen and oxygen atoms in total. The molecule has 0 amide bonds. The number of carbonyl (C=O) groups excluding carboxylic acids is 1. The van der Waals surface area contributed by atoms with Gasteiger partial charge in [0.25, 0.3) is 0 Å². The number of unbranched alkanes of at least 4 members (excludes halogenated alkanes) is 12. The summed E-state index contributed by atoms with van der Waals surface area (Å²) in [5.41, 5.74) is 0. The maximum atomic E-state index is 11.4. The molecule has 1 aliphatic carbocycles. The summed E-state index contributed by atoms with van der Waals surface area (Å²) in [7, 11) is 0. The minimum atomic E-state index is 0.0291. The molecule has 0 radical (unpaired) electrons. The van der Waals surface area contributed by atoms with Gasteiger partial charge in [-0.2, -0.15) is 0 Å². The van der Waals surface area contributed by atoms with Crippen molar-refractivity contribution in [1.29, 1.82) is 0 Å². The molecule has 0 aromatic heterocycles. The van der Waals surface area contributed by atoms with E-state index < -0.39 is 0 Å². The van der Waals surface area contributed by atoms with Crippen LogP contribution in [0, 0.1) is 5.92 Å². The fraction of sp³-hybridized carbons (Fsp3) is 0.950. The number of ether oxygens (including phenoxy) is 1. The van der Waals surface area contributed by atoms with Gasteiger partial charge in [0.15, 0.2) is 0 Å². The van der Waals surface area contributed by atoms with Gasteiger partial charge in [0.05, 0.1) is 6.61 Å². The summed E-state index contributed by atoms with van der Waals surface area (Å²) < 4.78 is 5.25. The van der Waals surface area contributed by atoms with Crippen LogP contribution in [0.2, 0.25) is 0 Å². The van der Waals surface area contributed by atoms with Crippen LogP contribution in [0.3, 0.4) is 0 Å². The molecule has 0 aliphatic heterocycles. The quantitative estimate of drug-likeness (QED) is 0.243. The highest BCUT2D eigenvalue weighted by atomic mass is 16.5. The molecule has 0 atom stereocenters. The van der Waals surface area contributed by atoms with Crippen molar-refractivity contribution in [3.05, 3.63) is 0 Å². The van der Waals surface area contributed by atoms with Gasteiger partial charge in [0, 0.05) is 6.42 Å². The SMILES string of the molecule is CCCCCCCCCCCCCCCOC(=O)CC1CC1. The number of hydrogen-bond donors (Lipinski definition) is 0. The monoisotopic (exact) mass is 310 g/mol. The summed E-state index contributed by atoms with van der Waals surface area (Å²) in [6.07, 6.45) is 20.8. The van der Waals surface area contributed by atoms with Gasteiger partial charge in [-0.3, -0.25) is 4.79 Å². The zero-order valence-corrected chi connectivity index (χ0v) is 14.9. The van der Waals surface area contributed by atoms with Crippen molar-refractivity contribution in [2.24, 2.45) is 5.92 Å². The summed E-state index contributed by atoms with van der Waals surface area (Å²) in [5, 5.41) is 0. The highest BCUT2D eigenvalue weighted by Crippen LogP contribution is 2.32. The lowest BCUT2D eigenvalue weighted by atomic mass is 10.0. The Morgan fingerprint density at radius 3 is 1.68 bits per heavy atom.